The molecule has 0 saturated heterocycles. The summed E-state index contributed by atoms with van der Waals surface area (Å²) in [6.45, 7) is 0. The highest BCUT2D eigenvalue weighted by Gasteiger charge is -0.0696. The van der Waals surface area contributed by atoms with Crippen molar-refractivity contribution in [2.24, 2.45) is 0 Å². The molecule has 72 valence electrons. The summed E-state index contributed by atoms with van der Waals surface area (Å²) in [6.07, 6.45) is 0. The minimum atomic E-state index is -0.250. The van der Waals surface area contributed by atoms with Crippen molar-refractivity contribution >= 4 is 0 Å². The molecule has 0 aromatic heterocycles. The fraction of sp³-hybridized carbons (Fsp3) is 1.00. The van der Waals surface area contributed by atoms with Crippen molar-refractivity contribution in [3.05, 3.63) is 0 Å². The van der Waals surface area contributed by atoms with E-state index in [2.05, 4.69) is 0 Å². The molecule has 0 saturated carbocycles. The molecule has 0 aromatic rings. The smallest absolute Gasteiger partial charge is 0.0194 e. The third-order valence-corrected chi connectivity index (χ3v) is 0. The van der Waals surface area contributed by atoms with E-state index in [-0.39, 0.29) is 66.8 Å². The molecule has 0 rings (SSSR count). The molecule has 0 heteroatoms. The summed E-state index contributed by atoms with van der Waals surface area (Å²) in [7, 11) is -0.250. The molecule has 0 nitrogen and oxygen atoms in total. The molecule has 0 heterocycles. The molecule has 0 aliphatic rings. The summed E-state index contributed by atoms with van der Waals surface area (Å²) in [5, 5.41) is 0. The Balaban J connectivity index is -0.000000000714. The minimum absolute atomic E-state index is 0. The predicted molar refractivity (Wildman–Crippen MR) is 60.6 cm³/mol. The van der Waals surface area contributed by atoms with Crippen LogP contribution in [0.4, 0.5) is 0 Å². The summed E-state index contributed by atoms with van der Waals surface area (Å²) in [5.41, 5.74) is 0. The summed E-state index contributed by atoms with van der Waals surface area (Å²) in [5.74, 6) is 0. The van der Waals surface area contributed by atoms with Crippen LogP contribution in [-0.4, -0.2) is 0 Å². The van der Waals surface area contributed by atoms with Gasteiger partial charge in [-0.3, -0.25) is 0 Å². The zero-order chi connectivity index (χ0) is 2.71. The van der Waals surface area contributed by atoms with Crippen LogP contribution >= 0.6 is 0 Å². The van der Waals surface area contributed by atoms with Gasteiger partial charge in [-0.2, -0.15) is 0 Å². The number of rotatable bonds is 0. The monoisotopic (exact) mass is 148 g/mol. The summed E-state index contributed by atoms with van der Waals surface area (Å²) < 4.78 is 11.8. The Labute approximate surface area is 70.5 Å². The average Bonchev–Trinajstić information content (AvgIpc) is 0.918. The standard InChI is InChI=1S/9CH4/h9*1H4/i1T2;;;;;;;;. The molecule has 0 amide bonds. The molecule has 0 aliphatic carbocycles. The lowest BCUT2D eigenvalue weighted by Gasteiger charge is -0.0786. The second-order valence-corrected chi connectivity index (χ2v) is 0. The highest BCUT2D eigenvalue weighted by atomic mass is 12.0. The van der Waals surface area contributed by atoms with E-state index < -0.39 is 0 Å². The van der Waals surface area contributed by atoms with Crippen molar-refractivity contribution in [1.29, 1.82) is 0 Å². The van der Waals surface area contributed by atoms with Crippen LogP contribution in [0, 0.1) is 0 Å². The normalized spacial score (nSPS) is 2.22. The zero-order valence-corrected chi connectivity index (χ0v) is 0.707. The molecular weight excluding hydrogens is 108 g/mol. The molecule has 0 aliphatic heterocycles. The van der Waals surface area contributed by atoms with Gasteiger partial charge in [0.2, 0.25) is 0 Å². The van der Waals surface area contributed by atoms with E-state index >= 15 is 0 Å². The van der Waals surface area contributed by atoms with Gasteiger partial charge in [-0.1, -0.05) is 66.8 Å². The van der Waals surface area contributed by atoms with Crippen molar-refractivity contribution in [3.8, 4) is 0 Å². The first-order chi connectivity index (χ1) is 1.41. The van der Waals surface area contributed by atoms with Gasteiger partial charge in [-0.05, 0) is 0 Å². The van der Waals surface area contributed by atoms with Crippen molar-refractivity contribution in [2.45, 2.75) is 66.8 Å². The van der Waals surface area contributed by atoms with Crippen molar-refractivity contribution in [2.75, 3.05) is 0 Å². The maximum Gasteiger partial charge on any atom is 0.0194 e. The lowest BCUT2D eigenvalue weighted by molar-refractivity contribution is 2.50. The molecular formula is C9H36. The fourth-order valence-corrected chi connectivity index (χ4v) is 0. The van der Waals surface area contributed by atoms with E-state index in [1.54, 1.807) is 0 Å². The van der Waals surface area contributed by atoms with Crippen LogP contribution in [0.2, 0.25) is 0 Å². The molecule has 0 radical (unpaired) electrons. The van der Waals surface area contributed by atoms with Gasteiger partial charge in [0.25, 0.3) is 0 Å². The van der Waals surface area contributed by atoms with Gasteiger partial charge in [0.1, 0.15) is 0 Å². The van der Waals surface area contributed by atoms with Gasteiger partial charge in [-0.15, -0.1) is 0 Å². The van der Waals surface area contributed by atoms with Gasteiger partial charge in [0, 0.05) is 2.74 Å². The Morgan fingerprint density at radius 2 is 0.444 bits per heavy atom. The van der Waals surface area contributed by atoms with E-state index in [0.717, 1.165) is 0 Å². The maximum atomic E-state index is 5.88. The lowest BCUT2D eigenvalue weighted by Crippen LogP contribution is 0.143. The van der Waals surface area contributed by atoms with Gasteiger partial charge in [-0.25, -0.2) is 0 Å². The van der Waals surface area contributed by atoms with Crippen LogP contribution in [0.1, 0.15) is 69.5 Å². The van der Waals surface area contributed by atoms with E-state index in [0.29, 0.717) is 0 Å². The van der Waals surface area contributed by atoms with Crippen LogP contribution in [0.3, 0.4) is 0 Å². The first-order valence-electron chi connectivity index (χ1n) is 1.41. The van der Waals surface area contributed by atoms with Crippen molar-refractivity contribution in [3.63, 3.8) is 0 Å². The first kappa shape index (κ1) is 144. The van der Waals surface area contributed by atoms with Gasteiger partial charge in [0.05, 0.1) is 0 Å². The average molecular weight is 148 g/mol. The van der Waals surface area contributed by atoms with Gasteiger partial charge < -0.3 is 0 Å². The minimum Gasteiger partial charge on any atom is -0.0776 e. The second kappa shape index (κ2) is 0. The van der Waals surface area contributed by atoms with E-state index in [9.17, 15) is 0 Å². The van der Waals surface area contributed by atoms with E-state index in [4.69, 9.17) is 2.74 Å². The molecule has 0 unspecified atom stereocenters. The summed E-state index contributed by atoms with van der Waals surface area (Å²) in [4.78, 5) is 0. The Morgan fingerprint density at radius 3 is 0.444 bits per heavy atom. The highest BCUT2D eigenvalue weighted by Crippen LogP contribution is 0.152. The van der Waals surface area contributed by atoms with Crippen LogP contribution in [0.15, 0.2) is 0 Å². The molecule has 0 aromatic carbocycles. The number of hydrogen-bond donors (Lipinski definition) is 0. The summed E-state index contributed by atoms with van der Waals surface area (Å²) >= 11 is 0. The van der Waals surface area contributed by atoms with Crippen LogP contribution in [0.25, 0.3) is 0 Å². The lowest BCUT2D eigenvalue weighted by atomic mass is 12.0. The van der Waals surface area contributed by atoms with E-state index in [1.807, 2.05) is 0 Å². The molecule has 0 fully saturated rings. The third-order valence-electron chi connectivity index (χ3n) is 0. The Hall–Kier alpha value is 0. The highest BCUT2D eigenvalue weighted by molar-refractivity contribution is 2.51. The Bertz CT molecular complexity index is 7.52. The molecule has 0 bridgehead atoms. The molecule has 9 heavy (non-hydrogen) atoms. The molecule has 0 atom stereocenters. The second-order valence-electron chi connectivity index (χ2n) is 0. The predicted octanol–water partition coefficient (Wildman–Crippen LogP) is 5.72. The molecule has 0 spiro atoms. The fourth-order valence-electron chi connectivity index (χ4n) is 0. The zero-order valence-electron chi connectivity index (χ0n) is 2.71. The largest absolute Gasteiger partial charge is 0.0776 e. The van der Waals surface area contributed by atoms with Gasteiger partial charge >= 0.3 is 0 Å². The number of hydrogen-bond acceptors (Lipinski definition) is 0. The van der Waals surface area contributed by atoms with Crippen molar-refractivity contribution in [1.82, 2.24) is 0 Å². The topological polar surface area (TPSA) is 0 Å². The Kier molecular flexibility index (Phi) is 0. The molecule has 0 N–H and O–H groups in total. The van der Waals surface area contributed by atoms with Crippen LogP contribution in [0.5, 0.6) is 0 Å². The maximum absolute atomic E-state index is 5.88. The van der Waals surface area contributed by atoms with E-state index in [1.165, 1.54) is 0 Å². The first-order valence-corrected chi connectivity index (χ1v) is 0. The van der Waals surface area contributed by atoms with Crippen molar-refractivity contribution < 1.29 is 2.74 Å². The SMILES string of the molecule is C.C.C.C.C.C.C.C.[3H]C[3H]. The van der Waals surface area contributed by atoms with Crippen LogP contribution < -0.4 is 0 Å². The van der Waals surface area contributed by atoms with Gasteiger partial charge in [0.15, 0.2) is 0 Å². The quantitative estimate of drug-likeness (QED) is 0.412. The Morgan fingerprint density at radius 1 is 0.444 bits per heavy atom. The van der Waals surface area contributed by atoms with Crippen LogP contribution in [-0.2, 0) is 0 Å². The third kappa shape index (κ3) is 0. The summed E-state index contributed by atoms with van der Waals surface area (Å²) in [6, 6.07) is 0.